The summed E-state index contributed by atoms with van der Waals surface area (Å²) in [5.41, 5.74) is 1.90. The van der Waals surface area contributed by atoms with Crippen LogP contribution in [0.15, 0.2) is 30.6 Å². The number of benzene rings is 1. The standard InChI is InChI=1S/C16H19N5O2/c1-16(2,3)9-21-13-6-5-11(7-12(13)19-20-21)23-15-8-14(22-4)17-10-18-15/h5-8,10H,9H2,1-4H3. The average Bonchev–Trinajstić information content (AvgIpc) is 2.88. The van der Waals surface area contributed by atoms with Gasteiger partial charge in [0.05, 0.1) is 18.7 Å². The molecule has 2 heterocycles. The van der Waals surface area contributed by atoms with Crippen LogP contribution in [0.4, 0.5) is 0 Å². The minimum absolute atomic E-state index is 0.132. The predicted molar refractivity (Wildman–Crippen MR) is 85.6 cm³/mol. The molecule has 0 aliphatic rings. The van der Waals surface area contributed by atoms with E-state index in [4.69, 9.17) is 9.47 Å². The van der Waals surface area contributed by atoms with E-state index in [0.29, 0.717) is 17.5 Å². The van der Waals surface area contributed by atoms with E-state index >= 15 is 0 Å². The van der Waals surface area contributed by atoms with Crippen molar-refractivity contribution in [2.45, 2.75) is 27.3 Å². The highest BCUT2D eigenvalue weighted by Crippen LogP contribution is 2.26. The maximum Gasteiger partial charge on any atom is 0.226 e. The number of fused-ring (bicyclic) bond motifs is 1. The third-order valence-electron chi connectivity index (χ3n) is 3.16. The number of hydrogen-bond donors (Lipinski definition) is 0. The third-order valence-corrected chi connectivity index (χ3v) is 3.16. The molecule has 0 saturated heterocycles. The highest BCUT2D eigenvalue weighted by molar-refractivity contribution is 5.76. The molecule has 1 aromatic carbocycles. The number of rotatable bonds is 4. The van der Waals surface area contributed by atoms with Crippen molar-refractivity contribution in [1.29, 1.82) is 0 Å². The van der Waals surface area contributed by atoms with Crippen molar-refractivity contribution in [2.75, 3.05) is 7.11 Å². The molecule has 0 spiro atoms. The smallest absolute Gasteiger partial charge is 0.226 e. The Labute approximate surface area is 134 Å². The first-order valence-electron chi connectivity index (χ1n) is 7.32. The molecule has 0 aliphatic carbocycles. The van der Waals surface area contributed by atoms with Gasteiger partial charge in [0.25, 0.3) is 0 Å². The van der Waals surface area contributed by atoms with Gasteiger partial charge >= 0.3 is 0 Å². The molecule has 0 amide bonds. The normalized spacial score (nSPS) is 11.7. The largest absolute Gasteiger partial charge is 0.481 e. The summed E-state index contributed by atoms with van der Waals surface area (Å²) in [6.07, 6.45) is 1.40. The average molecular weight is 313 g/mol. The molecule has 23 heavy (non-hydrogen) atoms. The number of ether oxygens (including phenoxy) is 2. The van der Waals surface area contributed by atoms with E-state index in [1.54, 1.807) is 13.2 Å². The van der Waals surface area contributed by atoms with E-state index in [1.165, 1.54) is 6.33 Å². The summed E-state index contributed by atoms with van der Waals surface area (Å²) >= 11 is 0. The van der Waals surface area contributed by atoms with Crippen molar-refractivity contribution >= 4 is 11.0 Å². The van der Waals surface area contributed by atoms with Crippen LogP contribution in [-0.4, -0.2) is 32.1 Å². The molecule has 3 rings (SSSR count). The summed E-state index contributed by atoms with van der Waals surface area (Å²) in [5.74, 6) is 1.51. The molecule has 120 valence electrons. The predicted octanol–water partition coefficient (Wildman–Crippen LogP) is 3.07. The second kappa shape index (κ2) is 5.83. The number of aromatic nitrogens is 5. The minimum atomic E-state index is 0.132. The molecule has 0 radical (unpaired) electrons. The molecule has 0 atom stereocenters. The van der Waals surface area contributed by atoms with Crippen molar-refractivity contribution < 1.29 is 9.47 Å². The SMILES string of the molecule is COc1cc(Oc2ccc3c(c2)nnn3CC(C)(C)C)ncn1. The number of hydrogen-bond acceptors (Lipinski definition) is 6. The Bertz CT molecular complexity index is 823. The molecule has 7 heteroatoms. The van der Waals surface area contributed by atoms with Crippen LogP contribution in [0.3, 0.4) is 0 Å². The Hall–Kier alpha value is -2.70. The summed E-state index contributed by atoms with van der Waals surface area (Å²) < 4.78 is 12.7. The van der Waals surface area contributed by atoms with E-state index in [1.807, 2.05) is 22.9 Å². The molecule has 0 saturated carbocycles. The van der Waals surface area contributed by atoms with Gasteiger partial charge in [-0.2, -0.15) is 0 Å². The van der Waals surface area contributed by atoms with Crippen molar-refractivity contribution in [3.8, 4) is 17.5 Å². The Morgan fingerprint density at radius 3 is 2.61 bits per heavy atom. The molecular formula is C16H19N5O2. The fourth-order valence-electron chi connectivity index (χ4n) is 2.19. The lowest BCUT2D eigenvalue weighted by atomic mass is 9.97. The van der Waals surface area contributed by atoms with Crippen LogP contribution in [0, 0.1) is 5.41 Å². The molecule has 7 nitrogen and oxygen atoms in total. The Kier molecular flexibility index (Phi) is 3.85. The van der Waals surface area contributed by atoms with Crippen LogP contribution in [0.1, 0.15) is 20.8 Å². The van der Waals surface area contributed by atoms with E-state index in [-0.39, 0.29) is 5.41 Å². The molecule has 3 aromatic rings. The van der Waals surface area contributed by atoms with E-state index in [9.17, 15) is 0 Å². The van der Waals surface area contributed by atoms with Gasteiger partial charge in [-0.15, -0.1) is 5.10 Å². The molecule has 2 aromatic heterocycles. The van der Waals surface area contributed by atoms with Crippen LogP contribution in [0.2, 0.25) is 0 Å². The van der Waals surface area contributed by atoms with Gasteiger partial charge in [-0.3, -0.25) is 0 Å². The van der Waals surface area contributed by atoms with E-state index in [0.717, 1.165) is 17.6 Å². The topological polar surface area (TPSA) is 75.0 Å². The van der Waals surface area contributed by atoms with Crippen LogP contribution >= 0.6 is 0 Å². The molecule has 0 bridgehead atoms. The minimum Gasteiger partial charge on any atom is -0.481 e. The van der Waals surface area contributed by atoms with Crippen LogP contribution < -0.4 is 9.47 Å². The first-order chi connectivity index (χ1) is 10.9. The first kappa shape index (κ1) is 15.2. The first-order valence-corrected chi connectivity index (χ1v) is 7.32. The molecule has 0 unspecified atom stereocenters. The van der Waals surface area contributed by atoms with E-state index < -0.39 is 0 Å². The Morgan fingerprint density at radius 2 is 1.87 bits per heavy atom. The van der Waals surface area contributed by atoms with Crippen molar-refractivity contribution in [1.82, 2.24) is 25.0 Å². The maximum absolute atomic E-state index is 5.73. The van der Waals surface area contributed by atoms with Gasteiger partial charge in [0.2, 0.25) is 11.8 Å². The second-order valence-corrected chi connectivity index (χ2v) is 6.46. The van der Waals surface area contributed by atoms with Crippen molar-refractivity contribution in [3.63, 3.8) is 0 Å². The number of nitrogens with zero attached hydrogens (tertiary/aromatic N) is 5. The summed E-state index contributed by atoms with van der Waals surface area (Å²) in [4.78, 5) is 8.01. The van der Waals surface area contributed by atoms with Crippen LogP contribution in [0.5, 0.6) is 17.5 Å². The van der Waals surface area contributed by atoms with Gasteiger partial charge in [0.1, 0.15) is 17.6 Å². The molecular weight excluding hydrogens is 294 g/mol. The Morgan fingerprint density at radius 1 is 1.09 bits per heavy atom. The van der Waals surface area contributed by atoms with Gasteiger partial charge in [0, 0.05) is 12.6 Å². The summed E-state index contributed by atoms with van der Waals surface area (Å²) in [6, 6.07) is 7.30. The van der Waals surface area contributed by atoms with Gasteiger partial charge < -0.3 is 9.47 Å². The lowest BCUT2D eigenvalue weighted by Crippen LogP contribution is -2.16. The van der Waals surface area contributed by atoms with Gasteiger partial charge in [-0.1, -0.05) is 26.0 Å². The lowest BCUT2D eigenvalue weighted by Gasteiger charge is -2.17. The van der Waals surface area contributed by atoms with Crippen molar-refractivity contribution in [3.05, 3.63) is 30.6 Å². The Balaban J connectivity index is 1.86. The summed E-state index contributed by atoms with van der Waals surface area (Å²) in [7, 11) is 1.55. The summed E-state index contributed by atoms with van der Waals surface area (Å²) in [5, 5.41) is 8.44. The third kappa shape index (κ3) is 3.56. The van der Waals surface area contributed by atoms with Gasteiger partial charge in [-0.05, 0) is 17.5 Å². The van der Waals surface area contributed by atoms with E-state index in [2.05, 4.69) is 41.1 Å². The van der Waals surface area contributed by atoms with Crippen LogP contribution in [0.25, 0.3) is 11.0 Å². The quantitative estimate of drug-likeness (QED) is 0.737. The zero-order valence-corrected chi connectivity index (χ0v) is 13.6. The van der Waals surface area contributed by atoms with Gasteiger partial charge in [0.15, 0.2) is 0 Å². The number of methoxy groups -OCH3 is 1. The zero-order valence-electron chi connectivity index (χ0n) is 13.6. The summed E-state index contributed by atoms with van der Waals surface area (Å²) in [6.45, 7) is 7.30. The second-order valence-electron chi connectivity index (χ2n) is 6.46. The molecule has 0 aliphatic heterocycles. The zero-order chi connectivity index (χ0) is 16.4. The molecule has 0 fully saturated rings. The van der Waals surface area contributed by atoms with Gasteiger partial charge in [-0.25, -0.2) is 14.6 Å². The lowest BCUT2D eigenvalue weighted by molar-refractivity contribution is 0.327. The highest BCUT2D eigenvalue weighted by atomic mass is 16.5. The monoisotopic (exact) mass is 313 g/mol. The van der Waals surface area contributed by atoms with Crippen molar-refractivity contribution in [2.24, 2.45) is 5.41 Å². The van der Waals surface area contributed by atoms with Crippen LogP contribution in [-0.2, 0) is 6.54 Å². The maximum atomic E-state index is 5.73. The fraction of sp³-hybridized carbons (Fsp3) is 0.375. The molecule has 0 N–H and O–H groups in total. The fourth-order valence-corrected chi connectivity index (χ4v) is 2.19. The highest BCUT2D eigenvalue weighted by Gasteiger charge is 2.15.